The normalized spacial score (nSPS) is 17.2. The molecule has 200 valence electrons. The van der Waals surface area contributed by atoms with E-state index in [1.165, 1.54) is 4.90 Å². The van der Waals surface area contributed by atoms with Crippen LogP contribution in [0.3, 0.4) is 0 Å². The molecular formula is C28H32N4O6. The zero-order chi connectivity index (χ0) is 27.4. The van der Waals surface area contributed by atoms with Crippen LogP contribution < -0.4 is 15.5 Å². The number of aryl methyl sites for hydroxylation is 1. The Balaban J connectivity index is 1.41. The lowest BCUT2D eigenvalue weighted by molar-refractivity contribution is -0.134. The molecular weight excluding hydrogens is 488 g/mol. The first-order valence-electron chi connectivity index (χ1n) is 12.4. The van der Waals surface area contributed by atoms with Gasteiger partial charge in [0.15, 0.2) is 0 Å². The Kier molecular flexibility index (Phi) is 7.82. The maximum Gasteiger partial charge on any atom is 0.411 e. The van der Waals surface area contributed by atoms with Gasteiger partial charge in [-0.25, -0.2) is 10.3 Å². The number of aromatic nitrogens is 1. The van der Waals surface area contributed by atoms with Crippen LogP contribution in [-0.4, -0.2) is 57.2 Å². The molecule has 10 nitrogen and oxygen atoms in total. The summed E-state index contributed by atoms with van der Waals surface area (Å²) >= 11 is 0. The zero-order valence-electron chi connectivity index (χ0n) is 21.9. The molecule has 0 bridgehead atoms. The quantitative estimate of drug-likeness (QED) is 0.333. The number of rotatable bonds is 6. The number of hydroxylamine groups is 1. The molecule has 3 N–H and O–H groups in total. The van der Waals surface area contributed by atoms with E-state index >= 15 is 0 Å². The number of pyridine rings is 1. The number of hydrogen-bond donors (Lipinski definition) is 3. The summed E-state index contributed by atoms with van der Waals surface area (Å²) in [6.45, 7) is 7.62. The number of carbonyl (C=O) groups is 3. The van der Waals surface area contributed by atoms with Crippen molar-refractivity contribution in [1.29, 1.82) is 0 Å². The third-order valence-corrected chi connectivity index (χ3v) is 6.16. The molecule has 0 spiro atoms. The summed E-state index contributed by atoms with van der Waals surface area (Å²) < 4.78 is 11.3. The van der Waals surface area contributed by atoms with Gasteiger partial charge < -0.3 is 14.8 Å². The highest BCUT2D eigenvalue weighted by atomic mass is 16.6. The predicted molar refractivity (Wildman–Crippen MR) is 140 cm³/mol. The number of benzene rings is 2. The highest BCUT2D eigenvalue weighted by molar-refractivity contribution is 5.95. The van der Waals surface area contributed by atoms with E-state index in [0.29, 0.717) is 24.3 Å². The van der Waals surface area contributed by atoms with Crippen LogP contribution in [0.25, 0.3) is 10.9 Å². The first kappa shape index (κ1) is 26.9. The topological polar surface area (TPSA) is 130 Å². The molecule has 2 heterocycles. The van der Waals surface area contributed by atoms with E-state index in [0.717, 1.165) is 22.2 Å². The second kappa shape index (κ2) is 11.1. The summed E-state index contributed by atoms with van der Waals surface area (Å²) in [6.07, 6.45) is -0.370. The van der Waals surface area contributed by atoms with Gasteiger partial charge in [-0.1, -0.05) is 18.2 Å². The van der Waals surface area contributed by atoms with Gasteiger partial charge in [-0.05, 0) is 70.5 Å². The van der Waals surface area contributed by atoms with E-state index in [4.69, 9.17) is 9.47 Å². The van der Waals surface area contributed by atoms with Gasteiger partial charge in [0, 0.05) is 28.8 Å². The fourth-order valence-corrected chi connectivity index (χ4v) is 4.49. The second-order valence-corrected chi connectivity index (χ2v) is 10.2. The van der Waals surface area contributed by atoms with Gasteiger partial charge in [-0.15, -0.1) is 0 Å². The Morgan fingerprint density at radius 1 is 1.11 bits per heavy atom. The number of amides is 3. The second-order valence-electron chi connectivity index (χ2n) is 10.2. The van der Waals surface area contributed by atoms with Crippen LogP contribution in [0.2, 0.25) is 0 Å². The predicted octanol–water partition coefficient (Wildman–Crippen LogP) is 3.74. The van der Waals surface area contributed by atoms with E-state index in [1.807, 2.05) is 37.3 Å². The first-order chi connectivity index (χ1) is 18.1. The molecule has 4 rings (SSSR count). The number of hydrogen-bond acceptors (Lipinski definition) is 7. The molecule has 1 aliphatic heterocycles. The van der Waals surface area contributed by atoms with Crippen molar-refractivity contribution in [3.63, 3.8) is 0 Å². The molecule has 1 aromatic heterocycles. The minimum atomic E-state index is -1.11. The van der Waals surface area contributed by atoms with Gasteiger partial charge in [0.05, 0.1) is 11.6 Å². The lowest BCUT2D eigenvalue weighted by Gasteiger charge is -2.29. The summed E-state index contributed by atoms with van der Waals surface area (Å²) in [5, 5.41) is 13.0. The lowest BCUT2D eigenvalue weighted by Crippen LogP contribution is -2.54. The van der Waals surface area contributed by atoms with Crippen molar-refractivity contribution in [2.45, 2.75) is 58.4 Å². The van der Waals surface area contributed by atoms with Gasteiger partial charge in [0.2, 0.25) is 0 Å². The molecule has 0 saturated carbocycles. The van der Waals surface area contributed by atoms with Crippen LogP contribution in [0.1, 0.15) is 48.8 Å². The van der Waals surface area contributed by atoms with Crippen molar-refractivity contribution in [2.75, 3.05) is 6.54 Å². The Morgan fingerprint density at radius 3 is 2.50 bits per heavy atom. The molecule has 3 aromatic rings. The summed E-state index contributed by atoms with van der Waals surface area (Å²) in [6, 6.07) is 14.7. The third kappa shape index (κ3) is 6.20. The molecule has 0 unspecified atom stereocenters. The Morgan fingerprint density at radius 2 is 1.82 bits per heavy atom. The van der Waals surface area contributed by atoms with E-state index in [9.17, 15) is 19.6 Å². The summed E-state index contributed by atoms with van der Waals surface area (Å²) in [5.41, 5.74) is 4.01. The fraction of sp³-hybridized carbons (Fsp3) is 0.357. The molecule has 2 atom stereocenters. The van der Waals surface area contributed by atoms with E-state index in [1.54, 1.807) is 50.5 Å². The molecule has 1 saturated heterocycles. The maximum atomic E-state index is 12.9. The SMILES string of the molecule is Cc1cc(COc2ccc(C(=O)N[C@@H]3CCN(C(=O)OC(C)(C)C)[C@@H]3C(=O)NO)cc2)c2ccccc2n1. The lowest BCUT2D eigenvalue weighted by atomic mass is 10.1. The van der Waals surface area contributed by atoms with Crippen LogP contribution in [0.15, 0.2) is 54.6 Å². The van der Waals surface area contributed by atoms with Crippen LogP contribution in [0.4, 0.5) is 4.79 Å². The number of nitrogens with zero attached hydrogens (tertiary/aromatic N) is 2. The van der Waals surface area contributed by atoms with E-state index < -0.39 is 35.6 Å². The highest BCUT2D eigenvalue weighted by Crippen LogP contribution is 2.24. The Bertz CT molecular complexity index is 1340. The van der Waals surface area contributed by atoms with Crippen LogP contribution in [0.5, 0.6) is 5.75 Å². The average Bonchev–Trinajstić information content (AvgIpc) is 3.29. The standard InChI is InChI=1S/C28H32N4O6/c1-17-15-19(21-7-5-6-8-22(21)29-17)16-37-20-11-9-18(10-12-20)25(33)30-23-13-14-32(24(23)26(34)31-36)27(35)38-28(2,3)4/h5-12,15,23-24,36H,13-14,16H2,1-4H3,(H,30,33)(H,31,34)/t23-,24+/m1/s1. The zero-order valence-corrected chi connectivity index (χ0v) is 21.9. The van der Waals surface area contributed by atoms with Gasteiger partial charge in [-0.3, -0.25) is 24.7 Å². The van der Waals surface area contributed by atoms with E-state index in [2.05, 4.69) is 10.3 Å². The van der Waals surface area contributed by atoms with Crippen molar-refractivity contribution < 1.29 is 29.1 Å². The van der Waals surface area contributed by atoms with Crippen molar-refractivity contribution >= 4 is 28.8 Å². The monoisotopic (exact) mass is 520 g/mol. The van der Waals surface area contributed by atoms with Crippen molar-refractivity contribution in [1.82, 2.24) is 20.7 Å². The summed E-state index contributed by atoms with van der Waals surface area (Å²) in [5.74, 6) is -0.630. The molecule has 0 aliphatic carbocycles. The number of nitrogens with one attached hydrogen (secondary N) is 2. The number of carbonyl (C=O) groups excluding carboxylic acids is 3. The van der Waals surface area contributed by atoms with Gasteiger partial charge in [0.1, 0.15) is 24.0 Å². The third-order valence-electron chi connectivity index (χ3n) is 6.16. The average molecular weight is 521 g/mol. The number of likely N-dealkylation sites (tertiary alicyclic amines) is 1. The maximum absolute atomic E-state index is 12.9. The molecule has 10 heteroatoms. The fourth-order valence-electron chi connectivity index (χ4n) is 4.49. The van der Waals surface area contributed by atoms with Crippen LogP contribution >= 0.6 is 0 Å². The molecule has 0 radical (unpaired) electrons. The molecule has 38 heavy (non-hydrogen) atoms. The summed E-state index contributed by atoms with van der Waals surface area (Å²) in [7, 11) is 0. The molecule has 2 aromatic carbocycles. The Labute approximate surface area is 220 Å². The number of ether oxygens (including phenoxy) is 2. The van der Waals surface area contributed by atoms with Crippen molar-refractivity contribution in [3.8, 4) is 5.75 Å². The minimum absolute atomic E-state index is 0.188. The Hall–Kier alpha value is -4.18. The smallest absolute Gasteiger partial charge is 0.411 e. The first-order valence-corrected chi connectivity index (χ1v) is 12.4. The van der Waals surface area contributed by atoms with Gasteiger partial charge in [-0.2, -0.15) is 0 Å². The largest absolute Gasteiger partial charge is 0.489 e. The molecule has 1 fully saturated rings. The molecule has 1 aliphatic rings. The molecule has 3 amide bonds. The highest BCUT2D eigenvalue weighted by Gasteiger charge is 2.44. The summed E-state index contributed by atoms with van der Waals surface area (Å²) in [4.78, 5) is 43.7. The van der Waals surface area contributed by atoms with Crippen LogP contribution in [0, 0.1) is 6.92 Å². The van der Waals surface area contributed by atoms with E-state index in [-0.39, 0.29) is 6.54 Å². The van der Waals surface area contributed by atoms with Crippen LogP contribution in [-0.2, 0) is 16.1 Å². The minimum Gasteiger partial charge on any atom is -0.489 e. The van der Waals surface area contributed by atoms with Crippen molar-refractivity contribution in [3.05, 3.63) is 71.4 Å². The van der Waals surface area contributed by atoms with Crippen molar-refractivity contribution in [2.24, 2.45) is 0 Å². The van der Waals surface area contributed by atoms with Gasteiger partial charge >= 0.3 is 6.09 Å². The number of para-hydroxylation sites is 1. The van der Waals surface area contributed by atoms with Gasteiger partial charge in [0.25, 0.3) is 11.8 Å². The number of fused-ring (bicyclic) bond motifs is 1.